The lowest BCUT2D eigenvalue weighted by Crippen LogP contribution is -2.55. The molecule has 0 bridgehead atoms. The largest absolute Gasteiger partial charge is 0.480 e. The van der Waals surface area contributed by atoms with E-state index in [2.05, 4.69) is 15.3 Å². The predicted molar refractivity (Wildman–Crippen MR) is 93.2 cm³/mol. The number of thioether (sulfide) groups is 1. The molecule has 0 saturated heterocycles. The summed E-state index contributed by atoms with van der Waals surface area (Å²) in [5.74, 6) is -1.14. The molecule has 1 saturated carbocycles. The molecule has 0 radical (unpaired) electrons. The molecule has 0 atom stereocenters. The Morgan fingerprint density at radius 3 is 2.25 bits per heavy atom. The number of carbonyl (C=O) groups excluding carboxylic acids is 1. The van der Waals surface area contributed by atoms with Crippen molar-refractivity contribution in [1.82, 2.24) is 15.3 Å². The van der Waals surface area contributed by atoms with Crippen molar-refractivity contribution in [3.05, 3.63) is 17.0 Å². The number of amides is 1. The first-order valence-electron chi connectivity index (χ1n) is 8.30. The zero-order valence-corrected chi connectivity index (χ0v) is 15.3. The molecule has 1 heterocycles. The minimum absolute atomic E-state index is 0.216. The first kappa shape index (κ1) is 18.7. The topological polar surface area (TPSA) is 92.2 Å². The van der Waals surface area contributed by atoms with E-state index in [0.717, 1.165) is 41.4 Å². The standard InChI is InChI=1S/C17H25N3O3S/c1-11-13(12(2)19-16(18-11)24-3)7-8-14(21)20-17(15(22)23)9-5-4-6-10-17/h4-10H2,1-3H3,(H,20,21)(H,22,23). The highest BCUT2D eigenvalue weighted by molar-refractivity contribution is 7.98. The lowest BCUT2D eigenvalue weighted by molar-refractivity contribution is -0.149. The molecule has 2 N–H and O–H groups in total. The maximum Gasteiger partial charge on any atom is 0.329 e. The Hall–Kier alpha value is -1.63. The number of nitrogens with zero attached hydrogens (tertiary/aromatic N) is 2. The Bertz CT molecular complexity index is 605. The van der Waals surface area contributed by atoms with Crippen LogP contribution in [0.1, 0.15) is 55.5 Å². The average Bonchev–Trinajstić information content (AvgIpc) is 2.54. The van der Waals surface area contributed by atoms with Gasteiger partial charge in [0.15, 0.2) is 5.16 Å². The Balaban J connectivity index is 2.01. The summed E-state index contributed by atoms with van der Waals surface area (Å²) in [6.45, 7) is 3.84. The fourth-order valence-corrected chi connectivity index (χ4v) is 3.73. The van der Waals surface area contributed by atoms with Crippen molar-refractivity contribution in [2.45, 2.75) is 69.5 Å². The van der Waals surface area contributed by atoms with E-state index in [0.29, 0.717) is 19.3 Å². The number of aryl methyl sites for hydroxylation is 2. The summed E-state index contributed by atoms with van der Waals surface area (Å²) in [7, 11) is 0. The Kier molecular flexibility index (Phi) is 6.21. The third-order valence-electron chi connectivity index (χ3n) is 4.68. The van der Waals surface area contributed by atoms with E-state index in [1.165, 1.54) is 11.8 Å². The summed E-state index contributed by atoms with van der Waals surface area (Å²) < 4.78 is 0. The molecule has 1 aromatic rings. The fraction of sp³-hybridized carbons (Fsp3) is 0.647. The molecular weight excluding hydrogens is 326 g/mol. The van der Waals surface area contributed by atoms with Gasteiger partial charge in [-0.2, -0.15) is 0 Å². The van der Waals surface area contributed by atoms with Crippen LogP contribution in [0.5, 0.6) is 0 Å². The number of aromatic nitrogens is 2. The lowest BCUT2D eigenvalue weighted by Gasteiger charge is -2.34. The second-order valence-corrected chi connectivity index (χ2v) is 7.13. The highest BCUT2D eigenvalue weighted by Gasteiger charge is 2.40. The highest BCUT2D eigenvalue weighted by Crippen LogP contribution is 2.28. The van der Waals surface area contributed by atoms with Crippen LogP contribution in [0.2, 0.25) is 0 Å². The highest BCUT2D eigenvalue weighted by atomic mass is 32.2. The van der Waals surface area contributed by atoms with Gasteiger partial charge in [0, 0.05) is 17.8 Å². The number of aliphatic carboxylic acids is 1. The van der Waals surface area contributed by atoms with E-state index >= 15 is 0 Å². The van der Waals surface area contributed by atoms with Gasteiger partial charge in [0.2, 0.25) is 5.91 Å². The number of hydrogen-bond acceptors (Lipinski definition) is 5. The quantitative estimate of drug-likeness (QED) is 0.605. The SMILES string of the molecule is CSc1nc(C)c(CCC(=O)NC2(C(=O)O)CCCCC2)c(C)n1. The van der Waals surface area contributed by atoms with Crippen LogP contribution in [0, 0.1) is 13.8 Å². The van der Waals surface area contributed by atoms with Crippen molar-refractivity contribution in [3.63, 3.8) is 0 Å². The van der Waals surface area contributed by atoms with E-state index in [1.54, 1.807) is 0 Å². The van der Waals surface area contributed by atoms with Gasteiger partial charge in [0.1, 0.15) is 5.54 Å². The van der Waals surface area contributed by atoms with Gasteiger partial charge in [-0.1, -0.05) is 31.0 Å². The molecular formula is C17H25N3O3S. The predicted octanol–water partition coefficient (Wildman–Crippen LogP) is 2.65. The molecule has 1 aromatic heterocycles. The Morgan fingerprint density at radius 2 is 1.75 bits per heavy atom. The van der Waals surface area contributed by atoms with Gasteiger partial charge in [-0.05, 0) is 44.9 Å². The molecule has 2 rings (SSSR count). The number of carboxylic acid groups (broad SMARTS) is 1. The number of nitrogens with one attached hydrogen (secondary N) is 1. The van der Waals surface area contributed by atoms with Crippen LogP contribution in [0.3, 0.4) is 0 Å². The smallest absolute Gasteiger partial charge is 0.329 e. The van der Waals surface area contributed by atoms with Crippen LogP contribution in [-0.2, 0) is 16.0 Å². The first-order chi connectivity index (χ1) is 11.4. The van der Waals surface area contributed by atoms with Gasteiger partial charge in [-0.15, -0.1) is 0 Å². The van der Waals surface area contributed by atoms with Crippen LogP contribution < -0.4 is 5.32 Å². The zero-order valence-electron chi connectivity index (χ0n) is 14.5. The summed E-state index contributed by atoms with van der Waals surface area (Å²) in [5.41, 5.74) is 1.64. The van der Waals surface area contributed by atoms with Crippen LogP contribution in [0.4, 0.5) is 0 Å². The van der Waals surface area contributed by atoms with Crippen molar-refractivity contribution >= 4 is 23.6 Å². The monoisotopic (exact) mass is 351 g/mol. The Morgan fingerprint density at radius 1 is 1.17 bits per heavy atom. The van der Waals surface area contributed by atoms with Gasteiger partial charge in [0.05, 0.1) is 0 Å². The van der Waals surface area contributed by atoms with Crippen molar-refractivity contribution in [1.29, 1.82) is 0 Å². The van der Waals surface area contributed by atoms with Crippen molar-refractivity contribution < 1.29 is 14.7 Å². The lowest BCUT2D eigenvalue weighted by atomic mass is 9.81. The van der Waals surface area contributed by atoms with Crippen molar-refractivity contribution in [3.8, 4) is 0 Å². The molecule has 0 unspecified atom stereocenters. The summed E-state index contributed by atoms with van der Waals surface area (Å²) >= 11 is 1.49. The summed E-state index contributed by atoms with van der Waals surface area (Å²) in [6, 6.07) is 0. The minimum Gasteiger partial charge on any atom is -0.480 e. The molecule has 1 fully saturated rings. The number of carboxylic acids is 1. The molecule has 0 spiro atoms. The van der Waals surface area contributed by atoms with Crippen LogP contribution in [0.15, 0.2) is 5.16 Å². The number of carbonyl (C=O) groups is 2. The van der Waals surface area contributed by atoms with Crippen LogP contribution >= 0.6 is 11.8 Å². The second kappa shape index (κ2) is 7.96. The number of rotatable bonds is 6. The second-order valence-electron chi connectivity index (χ2n) is 6.36. The maximum atomic E-state index is 12.3. The molecule has 1 aliphatic carbocycles. The van der Waals surface area contributed by atoms with Gasteiger partial charge in [-0.3, -0.25) is 4.79 Å². The molecule has 1 aliphatic rings. The molecule has 24 heavy (non-hydrogen) atoms. The molecule has 132 valence electrons. The van der Waals surface area contributed by atoms with Crippen molar-refractivity contribution in [2.24, 2.45) is 0 Å². The zero-order chi connectivity index (χ0) is 17.7. The van der Waals surface area contributed by atoms with Gasteiger partial charge < -0.3 is 10.4 Å². The summed E-state index contributed by atoms with van der Waals surface area (Å²) in [4.78, 5) is 32.8. The summed E-state index contributed by atoms with van der Waals surface area (Å²) in [6.07, 6.45) is 6.44. The van der Waals surface area contributed by atoms with Crippen LogP contribution in [0.25, 0.3) is 0 Å². The maximum absolute atomic E-state index is 12.3. The molecule has 7 heteroatoms. The van der Waals surface area contributed by atoms with Gasteiger partial charge in [-0.25, -0.2) is 14.8 Å². The van der Waals surface area contributed by atoms with E-state index < -0.39 is 11.5 Å². The molecule has 6 nitrogen and oxygen atoms in total. The van der Waals surface area contributed by atoms with Crippen LogP contribution in [-0.4, -0.2) is 38.7 Å². The Labute approximate surface area is 146 Å². The molecule has 0 aromatic carbocycles. The van der Waals surface area contributed by atoms with E-state index in [-0.39, 0.29) is 12.3 Å². The van der Waals surface area contributed by atoms with E-state index in [1.807, 2.05) is 20.1 Å². The molecule has 0 aliphatic heterocycles. The summed E-state index contributed by atoms with van der Waals surface area (Å²) in [5, 5.41) is 13.0. The average molecular weight is 351 g/mol. The first-order valence-corrected chi connectivity index (χ1v) is 9.53. The third kappa shape index (κ3) is 4.26. The third-order valence-corrected chi connectivity index (χ3v) is 5.23. The van der Waals surface area contributed by atoms with E-state index in [9.17, 15) is 14.7 Å². The number of hydrogen-bond donors (Lipinski definition) is 2. The van der Waals surface area contributed by atoms with Gasteiger partial charge >= 0.3 is 5.97 Å². The van der Waals surface area contributed by atoms with E-state index in [4.69, 9.17) is 0 Å². The van der Waals surface area contributed by atoms with Gasteiger partial charge in [0.25, 0.3) is 0 Å². The normalized spacial score (nSPS) is 16.6. The molecule has 1 amide bonds. The fourth-order valence-electron chi connectivity index (χ4n) is 3.28. The van der Waals surface area contributed by atoms with Crippen molar-refractivity contribution in [2.75, 3.05) is 6.26 Å². The minimum atomic E-state index is -1.08.